The van der Waals surface area contributed by atoms with E-state index in [0.717, 1.165) is 11.3 Å². The van der Waals surface area contributed by atoms with Crippen LogP contribution in [-0.4, -0.2) is 4.98 Å². The third-order valence-corrected chi connectivity index (χ3v) is 3.26. The predicted octanol–water partition coefficient (Wildman–Crippen LogP) is 3.50. The molecular formula is C13H10N2S. The van der Waals surface area contributed by atoms with Crippen molar-refractivity contribution in [1.29, 1.82) is 0 Å². The topological polar surface area (TPSA) is 38.9 Å². The van der Waals surface area contributed by atoms with Gasteiger partial charge in [0.05, 0.1) is 5.69 Å². The van der Waals surface area contributed by atoms with Gasteiger partial charge in [-0.1, -0.05) is 42.5 Å². The third kappa shape index (κ3) is 1.46. The summed E-state index contributed by atoms with van der Waals surface area (Å²) in [6.45, 7) is 0. The van der Waals surface area contributed by atoms with Gasteiger partial charge in [-0.3, -0.25) is 0 Å². The number of nitrogens with zero attached hydrogens (tertiary/aromatic N) is 1. The Hall–Kier alpha value is -1.87. The van der Waals surface area contributed by atoms with Crippen molar-refractivity contribution in [1.82, 2.24) is 4.98 Å². The molecular weight excluding hydrogens is 216 g/mol. The molecule has 2 nitrogen and oxygen atoms in total. The second kappa shape index (κ2) is 3.61. The summed E-state index contributed by atoms with van der Waals surface area (Å²) in [5.74, 6) is 0. The molecule has 3 rings (SSSR count). The highest BCUT2D eigenvalue weighted by Gasteiger charge is 2.11. The molecule has 0 unspecified atom stereocenters. The van der Waals surface area contributed by atoms with Gasteiger partial charge in [0.25, 0.3) is 0 Å². The molecule has 0 fully saturated rings. The van der Waals surface area contributed by atoms with Crippen molar-refractivity contribution >= 4 is 16.5 Å². The summed E-state index contributed by atoms with van der Waals surface area (Å²) in [6.07, 6.45) is 0. The molecule has 1 heterocycles. The largest absolute Gasteiger partial charge is 0.375 e. The van der Waals surface area contributed by atoms with Crippen LogP contribution in [0.2, 0.25) is 0 Å². The van der Waals surface area contributed by atoms with Crippen molar-refractivity contribution in [3.05, 3.63) is 47.8 Å². The van der Waals surface area contributed by atoms with Gasteiger partial charge in [-0.15, -0.1) is 11.3 Å². The van der Waals surface area contributed by atoms with Crippen LogP contribution in [0.15, 0.2) is 47.8 Å². The Kier molecular flexibility index (Phi) is 2.11. The van der Waals surface area contributed by atoms with E-state index < -0.39 is 0 Å². The fraction of sp³-hybridized carbons (Fsp3) is 0. The Bertz CT molecular complexity index is 601. The molecule has 78 valence electrons. The van der Waals surface area contributed by atoms with E-state index in [-0.39, 0.29) is 0 Å². The maximum Gasteiger partial charge on any atom is 0.180 e. The van der Waals surface area contributed by atoms with E-state index in [0.29, 0.717) is 5.13 Å². The SMILES string of the molecule is Nc1nc(-c2ccc3cccccc2-3)cs1. The molecule has 16 heavy (non-hydrogen) atoms. The van der Waals surface area contributed by atoms with Crippen molar-refractivity contribution in [2.45, 2.75) is 0 Å². The minimum absolute atomic E-state index is 0.615. The molecule has 0 saturated carbocycles. The maximum absolute atomic E-state index is 5.66. The number of aromatic nitrogens is 1. The van der Waals surface area contributed by atoms with Crippen molar-refractivity contribution < 1.29 is 0 Å². The van der Waals surface area contributed by atoms with Gasteiger partial charge in [-0.2, -0.15) is 0 Å². The summed E-state index contributed by atoms with van der Waals surface area (Å²) in [7, 11) is 0. The van der Waals surface area contributed by atoms with E-state index in [2.05, 4.69) is 29.2 Å². The summed E-state index contributed by atoms with van der Waals surface area (Å²) in [5.41, 5.74) is 10.2. The number of anilines is 1. The minimum Gasteiger partial charge on any atom is -0.375 e. The number of nitrogen functional groups attached to an aromatic ring is 1. The van der Waals surface area contributed by atoms with Crippen LogP contribution < -0.4 is 5.73 Å². The summed E-state index contributed by atoms with van der Waals surface area (Å²) in [5, 5.41) is 2.61. The number of thiazole rings is 1. The Morgan fingerprint density at radius 1 is 0.938 bits per heavy atom. The van der Waals surface area contributed by atoms with Crippen LogP contribution in [0, 0.1) is 0 Å². The first kappa shape index (κ1) is 9.36. The fourth-order valence-corrected chi connectivity index (χ4v) is 2.41. The smallest absolute Gasteiger partial charge is 0.180 e. The Morgan fingerprint density at radius 2 is 1.81 bits per heavy atom. The second-order valence-corrected chi connectivity index (χ2v) is 4.49. The zero-order valence-electron chi connectivity index (χ0n) is 8.55. The van der Waals surface area contributed by atoms with Crippen molar-refractivity contribution in [2.24, 2.45) is 0 Å². The standard InChI is InChI=1S/C13H10N2S/c14-13-15-12(8-16-13)11-7-6-9-4-2-1-3-5-10(9)11/h1-8H,(H2,14,15). The van der Waals surface area contributed by atoms with Crippen LogP contribution in [0.4, 0.5) is 5.13 Å². The molecule has 1 aromatic heterocycles. The zero-order valence-corrected chi connectivity index (χ0v) is 9.37. The lowest BCUT2D eigenvalue weighted by Crippen LogP contribution is -1.82. The van der Waals surface area contributed by atoms with Crippen LogP contribution in [0.25, 0.3) is 22.4 Å². The lowest BCUT2D eigenvalue weighted by atomic mass is 10.1. The number of fused-ring (bicyclic) bond motifs is 1. The molecule has 2 N–H and O–H groups in total. The highest BCUT2D eigenvalue weighted by atomic mass is 32.1. The first-order valence-electron chi connectivity index (χ1n) is 5.04. The number of hydrogen-bond donors (Lipinski definition) is 1. The molecule has 0 spiro atoms. The van der Waals surface area contributed by atoms with Gasteiger partial charge < -0.3 is 5.73 Å². The van der Waals surface area contributed by atoms with E-state index in [9.17, 15) is 0 Å². The third-order valence-electron chi connectivity index (χ3n) is 2.59. The Morgan fingerprint density at radius 3 is 2.62 bits per heavy atom. The monoisotopic (exact) mass is 226 g/mol. The maximum atomic E-state index is 5.66. The molecule has 2 aliphatic rings. The molecule has 2 aliphatic carbocycles. The first-order valence-corrected chi connectivity index (χ1v) is 5.92. The van der Waals surface area contributed by atoms with Crippen LogP contribution in [0.5, 0.6) is 0 Å². The molecule has 0 atom stereocenters. The average Bonchev–Trinajstić information content (AvgIpc) is 2.79. The fourth-order valence-electron chi connectivity index (χ4n) is 1.85. The molecule has 0 amide bonds. The van der Waals surface area contributed by atoms with Crippen molar-refractivity contribution in [3.63, 3.8) is 0 Å². The normalized spacial score (nSPS) is 10.8. The summed E-state index contributed by atoms with van der Waals surface area (Å²) in [4.78, 5) is 4.32. The summed E-state index contributed by atoms with van der Waals surface area (Å²) in [6, 6.07) is 14.5. The van der Waals surface area contributed by atoms with Crippen LogP contribution in [-0.2, 0) is 0 Å². The van der Waals surface area contributed by atoms with E-state index in [1.807, 2.05) is 23.6 Å². The van der Waals surface area contributed by atoms with Gasteiger partial charge in [0.2, 0.25) is 0 Å². The van der Waals surface area contributed by atoms with Crippen LogP contribution in [0.1, 0.15) is 0 Å². The van der Waals surface area contributed by atoms with Gasteiger partial charge in [0, 0.05) is 10.9 Å². The summed E-state index contributed by atoms with van der Waals surface area (Å²) < 4.78 is 0. The van der Waals surface area contributed by atoms with Gasteiger partial charge in [-0.25, -0.2) is 4.98 Å². The summed E-state index contributed by atoms with van der Waals surface area (Å²) >= 11 is 1.48. The van der Waals surface area contributed by atoms with E-state index in [4.69, 9.17) is 5.73 Å². The molecule has 0 aliphatic heterocycles. The van der Waals surface area contributed by atoms with E-state index >= 15 is 0 Å². The molecule has 0 bridgehead atoms. The lowest BCUT2D eigenvalue weighted by molar-refractivity contribution is 1.42. The molecule has 3 heteroatoms. The van der Waals surface area contributed by atoms with Gasteiger partial charge >= 0.3 is 0 Å². The zero-order chi connectivity index (χ0) is 11.0. The number of hydrogen-bond acceptors (Lipinski definition) is 3. The van der Waals surface area contributed by atoms with Gasteiger partial charge in [0.15, 0.2) is 5.13 Å². The quantitative estimate of drug-likeness (QED) is 0.689. The number of rotatable bonds is 1. The van der Waals surface area contributed by atoms with Gasteiger partial charge in [-0.05, 0) is 11.1 Å². The lowest BCUT2D eigenvalue weighted by Gasteiger charge is -1.97. The minimum atomic E-state index is 0.615. The van der Waals surface area contributed by atoms with Crippen molar-refractivity contribution in [2.75, 3.05) is 5.73 Å². The van der Waals surface area contributed by atoms with E-state index in [1.54, 1.807) is 0 Å². The first-order chi connectivity index (χ1) is 7.84. The molecule has 0 saturated heterocycles. The van der Waals surface area contributed by atoms with Crippen LogP contribution in [0.3, 0.4) is 0 Å². The van der Waals surface area contributed by atoms with Crippen molar-refractivity contribution in [3.8, 4) is 22.4 Å². The average molecular weight is 226 g/mol. The highest BCUT2D eigenvalue weighted by molar-refractivity contribution is 7.13. The number of nitrogens with two attached hydrogens (primary N) is 1. The highest BCUT2D eigenvalue weighted by Crippen LogP contribution is 2.35. The Balaban J connectivity index is 2.21. The van der Waals surface area contributed by atoms with Crippen LogP contribution >= 0.6 is 11.3 Å². The molecule has 0 radical (unpaired) electrons. The van der Waals surface area contributed by atoms with E-state index in [1.165, 1.54) is 22.5 Å². The second-order valence-electron chi connectivity index (χ2n) is 3.60. The molecule has 1 aromatic rings. The molecule has 0 aromatic carbocycles. The van der Waals surface area contributed by atoms with Gasteiger partial charge in [0.1, 0.15) is 0 Å². The predicted molar refractivity (Wildman–Crippen MR) is 68.6 cm³/mol. The Labute approximate surface area is 97.7 Å².